The minimum absolute atomic E-state index is 0.257. The van der Waals surface area contributed by atoms with Crippen LogP contribution in [0.4, 0.5) is 0 Å². The van der Waals surface area contributed by atoms with Crippen LogP contribution in [0.2, 0.25) is 0 Å². The fraction of sp³-hybridized carbons (Fsp3) is 0.500. The molecule has 0 spiro atoms. The number of carbonyl (C=O) groups excluding carboxylic acids is 1. The molecule has 0 radical (unpaired) electrons. The first kappa shape index (κ1) is 13.5. The number of carboxylic acid groups (broad SMARTS) is 1. The average Bonchev–Trinajstić information content (AvgIpc) is 2.42. The molecule has 0 aliphatic heterocycles. The third-order valence-corrected chi connectivity index (χ3v) is 3.93. The predicted octanol–water partition coefficient (Wildman–Crippen LogP) is 1.84. The van der Waals surface area contributed by atoms with Crippen molar-refractivity contribution in [3.63, 3.8) is 0 Å². The Morgan fingerprint density at radius 2 is 2.26 bits per heavy atom. The van der Waals surface area contributed by atoms with E-state index in [1.807, 2.05) is 0 Å². The number of nitrogens with one attached hydrogen (secondary N) is 1. The standard InChI is InChI=1S/C14H18N2O3/c1-14(13(18)19)7-3-2-6-11(14)16-12(17)10-5-4-8-15-9-10/h4-5,8-9,11H,2-3,6-7H2,1H3,(H,16,17)(H,18,19). The van der Waals surface area contributed by atoms with Gasteiger partial charge in [0.1, 0.15) is 0 Å². The zero-order valence-electron chi connectivity index (χ0n) is 10.9. The highest BCUT2D eigenvalue weighted by molar-refractivity contribution is 5.94. The minimum atomic E-state index is -0.879. The van der Waals surface area contributed by atoms with Crippen LogP contribution in [0.5, 0.6) is 0 Å². The van der Waals surface area contributed by atoms with E-state index in [9.17, 15) is 14.7 Å². The molecule has 0 aromatic carbocycles. The Kier molecular flexibility index (Phi) is 3.83. The van der Waals surface area contributed by atoms with Crippen molar-refractivity contribution in [2.24, 2.45) is 5.41 Å². The SMILES string of the molecule is CC1(C(=O)O)CCCCC1NC(=O)c1cccnc1. The molecule has 1 amide bonds. The van der Waals surface area contributed by atoms with E-state index >= 15 is 0 Å². The lowest BCUT2D eigenvalue weighted by molar-refractivity contribution is -0.151. The van der Waals surface area contributed by atoms with Crippen LogP contribution in [0.15, 0.2) is 24.5 Å². The first-order chi connectivity index (χ1) is 9.04. The van der Waals surface area contributed by atoms with Crippen molar-refractivity contribution in [3.05, 3.63) is 30.1 Å². The number of hydrogen-bond donors (Lipinski definition) is 2. The molecule has 2 N–H and O–H groups in total. The average molecular weight is 262 g/mol. The van der Waals surface area contributed by atoms with Gasteiger partial charge < -0.3 is 10.4 Å². The normalized spacial score (nSPS) is 26.7. The van der Waals surface area contributed by atoms with Gasteiger partial charge in [0.15, 0.2) is 0 Å². The molecule has 5 nitrogen and oxygen atoms in total. The summed E-state index contributed by atoms with van der Waals surface area (Å²) < 4.78 is 0. The number of carboxylic acids is 1. The Balaban J connectivity index is 2.12. The first-order valence-electron chi connectivity index (χ1n) is 6.48. The predicted molar refractivity (Wildman–Crippen MR) is 69.7 cm³/mol. The number of rotatable bonds is 3. The van der Waals surface area contributed by atoms with Gasteiger partial charge in [0.25, 0.3) is 5.91 Å². The molecule has 2 atom stereocenters. The molecule has 0 bridgehead atoms. The quantitative estimate of drug-likeness (QED) is 0.871. The summed E-state index contributed by atoms with van der Waals surface area (Å²) in [6.45, 7) is 1.71. The van der Waals surface area contributed by atoms with Crippen LogP contribution in [0, 0.1) is 5.41 Å². The van der Waals surface area contributed by atoms with Gasteiger partial charge >= 0.3 is 5.97 Å². The highest BCUT2D eigenvalue weighted by Gasteiger charge is 2.43. The highest BCUT2D eigenvalue weighted by atomic mass is 16.4. The van der Waals surface area contributed by atoms with Gasteiger partial charge in [-0.15, -0.1) is 0 Å². The fourth-order valence-electron chi connectivity index (χ4n) is 2.56. The van der Waals surface area contributed by atoms with Crippen molar-refractivity contribution in [2.75, 3.05) is 0 Å². The Morgan fingerprint density at radius 1 is 1.47 bits per heavy atom. The third kappa shape index (κ3) is 2.75. The molecular formula is C14H18N2O3. The van der Waals surface area contributed by atoms with Crippen molar-refractivity contribution >= 4 is 11.9 Å². The number of nitrogens with zero attached hydrogens (tertiary/aromatic N) is 1. The zero-order valence-corrected chi connectivity index (χ0v) is 10.9. The molecule has 5 heteroatoms. The van der Waals surface area contributed by atoms with Gasteiger partial charge in [-0.1, -0.05) is 12.8 Å². The maximum Gasteiger partial charge on any atom is 0.311 e. The number of carbonyl (C=O) groups is 2. The van der Waals surface area contributed by atoms with Crippen molar-refractivity contribution < 1.29 is 14.7 Å². The van der Waals surface area contributed by atoms with Gasteiger partial charge in [0.05, 0.1) is 11.0 Å². The molecule has 0 saturated heterocycles. The Hall–Kier alpha value is -1.91. The van der Waals surface area contributed by atoms with E-state index in [1.165, 1.54) is 6.20 Å². The van der Waals surface area contributed by atoms with Gasteiger partial charge in [0, 0.05) is 18.4 Å². The molecule has 1 aliphatic rings. The largest absolute Gasteiger partial charge is 0.481 e. The summed E-state index contributed by atoms with van der Waals surface area (Å²) in [4.78, 5) is 27.4. The minimum Gasteiger partial charge on any atom is -0.481 e. The lowest BCUT2D eigenvalue weighted by Gasteiger charge is -2.38. The van der Waals surface area contributed by atoms with Crippen LogP contribution < -0.4 is 5.32 Å². The Labute approximate surface area is 112 Å². The first-order valence-corrected chi connectivity index (χ1v) is 6.48. The monoisotopic (exact) mass is 262 g/mol. The van der Waals surface area contributed by atoms with Gasteiger partial charge in [-0.3, -0.25) is 14.6 Å². The van der Waals surface area contributed by atoms with Crippen LogP contribution in [0.3, 0.4) is 0 Å². The summed E-state index contributed by atoms with van der Waals surface area (Å²) in [6, 6.07) is 3.03. The fourth-order valence-corrected chi connectivity index (χ4v) is 2.56. The van der Waals surface area contributed by atoms with Crippen molar-refractivity contribution in [1.29, 1.82) is 0 Å². The van der Waals surface area contributed by atoms with Crippen molar-refractivity contribution in [3.8, 4) is 0 Å². The lowest BCUT2D eigenvalue weighted by atomic mass is 9.71. The van der Waals surface area contributed by atoms with E-state index < -0.39 is 11.4 Å². The highest BCUT2D eigenvalue weighted by Crippen LogP contribution is 2.36. The lowest BCUT2D eigenvalue weighted by Crippen LogP contribution is -2.52. The number of amides is 1. The Bertz CT molecular complexity index is 475. The van der Waals surface area contributed by atoms with Crippen molar-refractivity contribution in [2.45, 2.75) is 38.6 Å². The maximum atomic E-state index is 12.1. The molecule has 19 heavy (non-hydrogen) atoms. The van der Waals surface area contributed by atoms with Gasteiger partial charge in [-0.25, -0.2) is 0 Å². The second-order valence-corrected chi connectivity index (χ2v) is 5.24. The van der Waals surface area contributed by atoms with E-state index in [2.05, 4.69) is 10.3 Å². The van der Waals surface area contributed by atoms with Crippen LogP contribution in [-0.4, -0.2) is 28.0 Å². The molecule has 2 rings (SSSR count). The smallest absolute Gasteiger partial charge is 0.311 e. The van der Waals surface area contributed by atoms with Crippen LogP contribution in [0.25, 0.3) is 0 Å². The summed E-state index contributed by atoms with van der Waals surface area (Å²) in [6.07, 6.45) is 6.22. The number of aromatic nitrogens is 1. The van der Waals surface area contributed by atoms with Gasteiger partial charge in [-0.2, -0.15) is 0 Å². The summed E-state index contributed by atoms with van der Waals surface area (Å²) in [5.74, 6) is -1.10. The zero-order chi connectivity index (χ0) is 13.9. The number of hydrogen-bond acceptors (Lipinski definition) is 3. The van der Waals surface area contributed by atoms with E-state index in [4.69, 9.17) is 0 Å². The third-order valence-electron chi connectivity index (χ3n) is 3.93. The molecule has 1 aromatic rings. The summed E-state index contributed by atoms with van der Waals surface area (Å²) in [7, 11) is 0. The molecule has 1 aromatic heterocycles. The van der Waals surface area contributed by atoms with E-state index in [1.54, 1.807) is 25.3 Å². The molecule has 1 saturated carbocycles. The molecule has 2 unspecified atom stereocenters. The maximum absolute atomic E-state index is 12.1. The van der Waals surface area contributed by atoms with E-state index in [0.717, 1.165) is 12.8 Å². The Morgan fingerprint density at radius 3 is 2.89 bits per heavy atom. The van der Waals surface area contributed by atoms with Crippen LogP contribution in [-0.2, 0) is 4.79 Å². The van der Waals surface area contributed by atoms with Crippen molar-refractivity contribution in [1.82, 2.24) is 10.3 Å². The summed E-state index contributed by atoms with van der Waals surface area (Å²) in [5.41, 5.74) is -0.420. The topological polar surface area (TPSA) is 79.3 Å². The molecule has 1 aliphatic carbocycles. The molecule has 102 valence electrons. The summed E-state index contributed by atoms with van der Waals surface area (Å²) in [5, 5.41) is 12.2. The second-order valence-electron chi connectivity index (χ2n) is 5.24. The van der Waals surface area contributed by atoms with E-state index in [-0.39, 0.29) is 11.9 Å². The molecule has 1 heterocycles. The summed E-state index contributed by atoms with van der Waals surface area (Å²) >= 11 is 0. The van der Waals surface area contributed by atoms with E-state index in [0.29, 0.717) is 18.4 Å². The van der Waals surface area contributed by atoms with Crippen LogP contribution in [0.1, 0.15) is 43.0 Å². The molecule has 1 fully saturated rings. The van der Waals surface area contributed by atoms with Crippen LogP contribution >= 0.6 is 0 Å². The second kappa shape index (κ2) is 5.38. The number of aliphatic carboxylic acids is 1. The van der Waals surface area contributed by atoms with Gasteiger partial charge in [0.2, 0.25) is 0 Å². The molecular weight excluding hydrogens is 244 g/mol. The number of pyridine rings is 1. The van der Waals surface area contributed by atoms with Gasteiger partial charge in [-0.05, 0) is 31.9 Å².